The van der Waals surface area contributed by atoms with Gasteiger partial charge in [-0.2, -0.15) is 0 Å². The quantitative estimate of drug-likeness (QED) is 0.826. The molecule has 0 bridgehead atoms. The van der Waals surface area contributed by atoms with Crippen LogP contribution in [0, 0.1) is 5.82 Å². The first-order chi connectivity index (χ1) is 10.6. The van der Waals surface area contributed by atoms with Crippen LogP contribution < -0.4 is 9.64 Å². The first kappa shape index (κ1) is 14.9. The summed E-state index contributed by atoms with van der Waals surface area (Å²) in [6.07, 6.45) is 0.632. The zero-order chi connectivity index (χ0) is 15.7. The highest BCUT2D eigenvalue weighted by Gasteiger charge is 2.31. The van der Waals surface area contributed by atoms with E-state index in [2.05, 4.69) is 0 Å². The SMILES string of the molecule is CCC1CN(C(=O)c2c(F)cccc2Cl)c2ccccc2O1. The largest absolute Gasteiger partial charge is 0.486 e. The van der Waals surface area contributed by atoms with Gasteiger partial charge in [-0.25, -0.2) is 4.39 Å². The van der Waals surface area contributed by atoms with Crippen LogP contribution in [0.2, 0.25) is 5.02 Å². The molecule has 1 heterocycles. The zero-order valence-corrected chi connectivity index (χ0v) is 12.8. The normalized spacial score (nSPS) is 16.9. The molecule has 3 rings (SSSR count). The van der Waals surface area contributed by atoms with Gasteiger partial charge in [-0.15, -0.1) is 0 Å². The summed E-state index contributed by atoms with van der Waals surface area (Å²) in [6.45, 7) is 2.36. The van der Waals surface area contributed by atoms with Gasteiger partial charge < -0.3 is 9.64 Å². The molecule has 5 heteroatoms. The van der Waals surface area contributed by atoms with Crippen molar-refractivity contribution in [2.75, 3.05) is 11.4 Å². The van der Waals surface area contributed by atoms with E-state index in [1.165, 1.54) is 23.1 Å². The molecular weight excluding hydrogens is 305 g/mol. The molecule has 0 radical (unpaired) electrons. The van der Waals surface area contributed by atoms with E-state index in [0.29, 0.717) is 18.0 Å². The van der Waals surface area contributed by atoms with Crippen LogP contribution in [0.25, 0.3) is 0 Å². The Kier molecular flexibility index (Phi) is 4.03. The molecule has 2 aromatic rings. The fourth-order valence-corrected chi connectivity index (χ4v) is 2.78. The second kappa shape index (κ2) is 5.97. The first-order valence-corrected chi connectivity index (χ1v) is 7.51. The monoisotopic (exact) mass is 319 g/mol. The number of carbonyl (C=O) groups excluding carboxylic acids is 1. The number of hydrogen-bond donors (Lipinski definition) is 0. The molecule has 0 N–H and O–H groups in total. The minimum absolute atomic E-state index is 0.101. The summed E-state index contributed by atoms with van der Waals surface area (Å²) in [5.41, 5.74) is 0.534. The maximum Gasteiger partial charge on any atom is 0.263 e. The van der Waals surface area contributed by atoms with Gasteiger partial charge in [0.1, 0.15) is 17.7 Å². The number of ether oxygens (including phenoxy) is 1. The fourth-order valence-electron chi connectivity index (χ4n) is 2.54. The summed E-state index contributed by atoms with van der Waals surface area (Å²) in [5.74, 6) is -0.437. The molecule has 22 heavy (non-hydrogen) atoms. The summed E-state index contributed by atoms with van der Waals surface area (Å²) in [6, 6.07) is 11.5. The lowest BCUT2D eigenvalue weighted by molar-refractivity contribution is 0.0950. The number of amides is 1. The van der Waals surface area contributed by atoms with Gasteiger partial charge in [0, 0.05) is 0 Å². The van der Waals surface area contributed by atoms with E-state index >= 15 is 0 Å². The topological polar surface area (TPSA) is 29.5 Å². The van der Waals surface area contributed by atoms with Crippen molar-refractivity contribution in [3.05, 3.63) is 58.9 Å². The molecule has 1 unspecified atom stereocenters. The number of fused-ring (bicyclic) bond motifs is 1. The Labute approximate surface area is 133 Å². The van der Waals surface area contributed by atoms with Crippen LogP contribution in [0.5, 0.6) is 5.75 Å². The molecule has 0 fully saturated rings. The van der Waals surface area contributed by atoms with Crippen molar-refractivity contribution in [1.29, 1.82) is 0 Å². The van der Waals surface area contributed by atoms with Crippen molar-refractivity contribution >= 4 is 23.2 Å². The summed E-state index contributed by atoms with van der Waals surface area (Å²) in [4.78, 5) is 14.4. The lowest BCUT2D eigenvalue weighted by Gasteiger charge is -2.34. The smallest absolute Gasteiger partial charge is 0.263 e. The predicted octanol–water partition coefficient (Wildman–Crippen LogP) is 4.30. The molecule has 1 aliphatic rings. The minimum Gasteiger partial charge on any atom is -0.486 e. The number of rotatable bonds is 2. The van der Waals surface area contributed by atoms with E-state index in [4.69, 9.17) is 16.3 Å². The Balaban J connectivity index is 2.05. The summed E-state index contributed by atoms with van der Waals surface area (Å²) < 4.78 is 19.9. The molecule has 0 aliphatic carbocycles. The average Bonchev–Trinajstić information content (AvgIpc) is 2.53. The van der Waals surface area contributed by atoms with Crippen LogP contribution in [-0.2, 0) is 0 Å². The maximum absolute atomic E-state index is 14.0. The van der Waals surface area contributed by atoms with Crippen LogP contribution in [-0.4, -0.2) is 18.6 Å². The second-order valence-corrected chi connectivity index (χ2v) is 5.54. The Morgan fingerprint density at radius 2 is 2.09 bits per heavy atom. The third kappa shape index (κ3) is 2.55. The van der Waals surface area contributed by atoms with E-state index < -0.39 is 11.7 Å². The van der Waals surface area contributed by atoms with Gasteiger partial charge in [-0.05, 0) is 30.7 Å². The second-order valence-electron chi connectivity index (χ2n) is 5.13. The molecule has 0 spiro atoms. The van der Waals surface area contributed by atoms with E-state index in [1.54, 1.807) is 12.1 Å². The van der Waals surface area contributed by atoms with Crippen molar-refractivity contribution in [2.45, 2.75) is 19.4 Å². The highest BCUT2D eigenvalue weighted by atomic mass is 35.5. The van der Waals surface area contributed by atoms with Crippen molar-refractivity contribution in [1.82, 2.24) is 0 Å². The average molecular weight is 320 g/mol. The van der Waals surface area contributed by atoms with E-state index in [-0.39, 0.29) is 16.7 Å². The summed E-state index contributed by atoms with van der Waals surface area (Å²) >= 11 is 6.02. The molecule has 114 valence electrons. The van der Waals surface area contributed by atoms with Crippen LogP contribution in [0.3, 0.4) is 0 Å². The predicted molar refractivity (Wildman–Crippen MR) is 84.2 cm³/mol. The number of halogens is 2. The van der Waals surface area contributed by atoms with Gasteiger partial charge in [0.2, 0.25) is 0 Å². The number of nitrogens with zero attached hydrogens (tertiary/aromatic N) is 1. The van der Waals surface area contributed by atoms with Crippen LogP contribution in [0.1, 0.15) is 23.7 Å². The molecule has 0 aromatic heterocycles. The molecule has 1 aliphatic heterocycles. The highest BCUT2D eigenvalue weighted by Crippen LogP contribution is 2.35. The maximum atomic E-state index is 14.0. The van der Waals surface area contributed by atoms with Crippen LogP contribution >= 0.6 is 11.6 Å². The van der Waals surface area contributed by atoms with Crippen molar-refractivity contribution < 1.29 is 13.9 Å². The van der Waals surface area contributed by atoms with Crippen molar-refractivity contribution in [3.63, 3.8) is 0 Å². The Morgan fingerprint density at radius 1 is 1.32 bits per heavy atom. The molecule has 2 aromatic carbocycles. The van der Waals surface area contributed by atoms with Gasteiger partial charge in [-0.3, -0.25) is 4.79 Å². The fraction of sp³-hybridized carbons (Fsp3) is 0.235. The Bertz CT molecular complexity index is 699. The molecule has 1 atom stereocenters. The Morgan fingerprint density at radius 3 is 2.82 bits per heavy atom. The number of benzene rings is 2. The molecular formula is C17H15ClFNO2. The van der Waals surface area contributed by atoms with Gasteiger partial charge in [0.05, 0.1) is 22.8 Å². The van der Waals surface area contributed by atoms with Gasteiger partial charge >= 0.3 is 0 Å². The van der Waals surface area contributed by atoms with Crippen molar-refractivity contribution in [2.24, 2.45) is 0 Å². The number of para-hydroxylation sites is 2. The van der Waals surface area contributed by atoms with Gasteiger partial charge in [0.25, 0.3) is 5.91 Å². The van der Waals surface area contributed by atoms with Crippen LogP contribution in [0.4, 0.5) is 10.1 Å². The lowest BCUT2D eigenvalue weighted by Crippen LogP contribution is -2.43. The van der Waals surface area contributed by atoms with Gasteiger partial charge in [-0.1, -0.05) is 36.7 Å². The molecule has 0 saturated heterocycles. The highest BCUT2D eigenvalue weighted by molar-refractivity contribution is 6.34. The Hall–Kier alpha value is -2.07. The third-order valence-corrected chi connectivity index (χ3v) is 4.03. The lowest BCUT2D eigenvalue weighted by atomic mass is 10.1. The number of carbonyl (C=O) groups is 1. The molecule has 0 saturated carbocycles. The van der Waals surface area contributed by atoms with Crippen molar-refractivity contribution in [3.8, 4) is 5.75 Å². The van der Waals surface area contributed by atoms with E-state index in [1.807, 2.05) is 19.1 Å². The third-order valence-electron chi connectivity index (χ3n) is 3.71. The number of anilines is 1. The standard InChI is InChI=1S/C17H15ClFNO2/c1-2-11-10-20(14-8-3-4-9-15(14)22-11)17(21)16-12(18)6-5-7-13(16)19/h3-9,11H,2,10H2,1H3. The molecule has 3 nitrogen and oxygen atoms in total. The summed E-state index contributed by atoms with van der Waals surface area (Å²) in [7, 11) is 0. The molecule has 1 amide bonds. The number of hydrogen-bond acceptors (Lipinski definition) is 2. The zero-order valence-electron chi connectivity index (χ0n) is 12.1. The van der Waals surface area contributed by atoms with Crippen LogP contribution in [0.15, 0.2) is 42.5 Å². The summed E-state index contributed by atoms with van der Waals surface area (Å²) in [5, 5.41) is 0.113. The van der Waals surface area contributed by atoms with E-state index in [9.17, 15) is 9.18 Å². The first-order valence-electron chi connectivity index (χ1n) is 7.13. The van der Waals surface area contributed by atoms with E-state index in [0.717, 1.165) is 6.42 Å². The minimum atomic E-state index is -0.616. The van der Waals surface area contributed by atoms with Gasteiger partial charge in [0.15, 0.2) is 0 Å².